The van der Waals surface area contributed by atoms with Gasteiger partial charge in [0.15, 0.2) is 11.5 Å². The summed E-state index contributed by atoms with van der Waals surface area (Å²) in [7, 11) is 0. The molecule has 9 nitrogen and oxygen atoms in total. The molecule has 0 saturated carbocycles. The number of hydrogen-bond donors (Lipinski definition) is 1. The van der Waals surface area contributed by atoms with Gasteiger partial charge in [0.2, 0.25) is 6.79 Å². The molecule has 1 unspecified atom stereocenters. The molecule has 9 heteroatoms. The predicted molar refractivity (Wildman–Crippen MR) is 127 cm³/mol. The van der Waals surface area contributed by atoms with E-state index >= 15 is 0 Å². The van der Waals surface area contributed by atoms with Crippen molar-refractivity contribution in [3.8, 4) is 17.2 Å². The molecule has 1 N–H and O–H groups in total. The van der Waals surface area contributed by atoms with Gasteiger partial charge in [0, 0.05) is 25.6 Å². The van der Waals surface area contributed by atoms with E-state index in [4.69, 9.17) is 14.2 Å². The van der Waals surface area contributed by atoms with Crippen molar-refractivity contribution in [2.24, 2.45) is 0 Å². The van der Waals surface area contributed by atoms with Gasteiger partial charge in [-0.25, -0.2) is 0 Å². The van der Waals surface area contributed by atoms with Gasteiger partial charge >= 0.3 is 5.97 Å². The summed E-state index contributed by atoms with van der Waals surface area (Å²) >= 11 is 0. The maximum atomic E-state index is 13.2. The van der Waals surface area contributed by atoms with Gasteiger partial charge in [-0.1, -0.05) is 26.0 Å². The van der Waals surface area contributed by atoms with E-state index in [-0.39, 0.29) is 30.4 Å². The molecule has 0 bridgehead atoms. The fourth-order valence-corrected chi connectivity index (χ4v) is 4.36. The lowest BCUT2D eigenvalue weighted by atomic mass is 9.95. The van der Waals surface area contributed by atoms with Gasteiger partial charge in [-0.05, 0) is 49.0 Å². The Kier molecular flexibility index (Phi) is 7.07. The Morgan fingerprint density at radius 3 is 2.57 bits per heavy atom. The largest absolute Gasteiger partial charge is 0.507 e. The lowest BCUT2D eigenvalue weighted by molar-refractivity contribution is -0.140. The number of Topliss-reactive ketones (excluding diaryl/α,β-unsaturated/α-hetero) is 1. The number of amides is 1. The Labute approximate surface area is 203 Å². The quantitative estimate of drug-likeness (QED) is 0.202. The van der Waals surface area contributed by atoms with E-state index in [0.717, 1.165) is 13.1 Å². The summed E-state index contributed by atoms with van der Waals surface area (Å²) < 4.78 is 16.0. The van der Waals surface area contributed by atoms with Crippen LogP contribution in [-0.4, -0.2) is 65.5 Å². The summed E-state index contributed by atoms with van der Waals surface area (Å²) in [5.74, 6) is -1.00. The van der Waals surface area contributed by atoms with Gasteiger partial charge in [0.05, 0.1) is 11.6 Å². The number of aliphatic hydroxyl groups excluding tert-OH is 1. The zero-order valence-corrected chi connectivity index (χ0v) is 19.9. The number of carbonyl (C=O) groups excluding carboxylic acids is 3. The van der Waals surface area contributed by atoms with Gasteiger partial charge in [-0.3, -0.25) is 14.4 Å². The van der Waals surface area contributed by atoms with Crippen LogP contribution in [-0.2, 0) is 14.4 Å². The molecular formula is C26H28N2O7. The van der Waals surface area contributed by atoms with Crippen LogP contribution >= 0.6 is 0 Å². The van der Waals surface area contributed by atoms with Gasteiger partial charge in [-0.2, -0.15) is 0 Å². The van der Waals surface area contributed by atoms with Crippen LogP contribution in [0.25, 0.3) is 5.76 Å². The number of hydrogen-bond acceptors (Lipinski definition) is 8. The number of aliphatic hydroxyl groups is 1. The number of benzene rings is 2. The minimum Gasteiger partial charge on any atom is -0.507 e. The van der Waals surface area contributed by atoms with E-state index in [0.29, 0.717) is 29.2 Å². The van der Waals surface area contributed by atoms with E-state index < -0.39 is 23.7 Å². The second-order valence-corrected chi connectivity index (χ2v) is 8.25. The van der Waals surface area contributed by atoms with Crippen LogP contribution in [0.15, 0.2) is 48.0 Å². The molecule has 0 aromatic heterocycles. The Balaban J connectivity index is 1.80. The Hall–Kier alpha value is -3.85. The number of likely N-dealkylation sites (tertiary alicyclic amines) is 1. The smallest absolute Gasteiger partial charge is 0.308 e. The monoisotopic (exact) mass is 480 g/mol. The number of rotatable bonds is 8. The number of esters is 1. The minimum atomic E-state index is -0.855. The highest BCUT2D eigenvalue weighted by molar-refractivity contribution is 6.46. The van der Waals surface area contributed by atoms with Crippen molar-refractivity contribution in [3.63, 3.8) is 0 Å². The molecule has 2 heterocycles. The highest BCUT2D eigenvalue weighted by atomic mass is 16.7. The highest BCUT2D eigenvalue weighted by Crippen LogP contribution is 2.42. The molecule has 1 fully saturated rings. The van der Waals surface area contributed by atoms with Crippen molar-refractivity contribution in [1.82, 2.24) is 9.80 Å². The third-order valence-corrected chi connectivity index (χ3v) is 6.17. The van der Waals surface area contributed by atoms with Gasteiger partial charge in [-0.15, -0.1) is 0 Å². The first kappa shape index (κ1) is 24.3. The van der Waals surface area contributed by atoms with Crippen molar-refractivity contribution in [3.05, 3.63) is 59.2 Å². The molecule has 4 rings (SSSR count). The van der Waals surface area contributed by atoms with Crippen LogP contribution in [0, 0.1) is 0 Å². The first-order valence-corrected chi connectivity index (χ1v) is 11.5. The van der Waals surface area contributed by atoms with E-state index in [1.165, 1.54) is 11.8 Å². The number of ketones is 1. The maximum Gasteiger partial charge on any atom is 0.308 e. The summed E-state index contributed by atoms with van der Waals surface area (Å²) in [6, 6.07) is 10.6. The van der Waals surface area contributed by atoms with Crippen molar-refractivity contribution in [2.45, 2.75) is 26.8 Å². The third-order valence-electron chi connectivity index (χ3n) is 6.17. The molecule has 0 radical (unpaired) electrons. The molecular weight excluding hydrogens is 452 g/mol. The molecule has 2 aliphatic heterocycles. The zero-order valence-electron chi connectivity index (χ0n) is 19.9. The fourth-order valence-electron chi connectivity index (χ4n) is 4.36. The van der Waals surface area contributed by atoms with Crippen molar-refractivity contribution in [2.75, 3.05) is 33.0 Å². The standard InChI is InChI=1S/C26H28N2O7/c1-4-27(5-2)11-12-28-23(17-7-6-8-19(13-17)35-16(3)29)22(25(31)26(28)32)24(30)18-9-10-20-21(14-18)34-15-33-20/h6-10,13-14,23,30H,4-5,11-12,15H2,1-3H3/b24-22-. The molecule has 0 spiro atoms. The summed E-state index contributed by atoms with van der Waals surface area (Å²) in [5, 5.41) is 11.3. The van der Waals surface area contributed by atoms with E-state index in [2.05, 4.69) is 4.90 Å². The molecule has 184 valence electrons. The summed E-state index contributed by atoms with van der Waals surface area (Å²) in [6.45, 7) is 7.85. The van der Waals surface area contributed by atoms with Crippen LogP contribution in [0.4, 0.5) is 0 Å². The van der Waals surface area contributed by atoms with Crippen molar-refractivity contribution in [1.29, 1.82) is 0 Å². The van der Waals surface area contributed by atoms with Gasteiger partial charge < -0.3 is 29.1 Å². The molecule has 1 atom stereocenters. The van der Waals surface area contributed by atoms with Crippen LogP contribution < -0.4 is 14.2 Å². The number of likely N-dealkylation sites (N-methyl/N-ethyl adjacent to an activating group) is 1. The lowest BCUT2D eigenvalue weighted by Gasteiger charge is -2.28. The van der Waals surface area contributed by atoms with Crippen LogP contribution in [0.3, 0.4) is 0 Å². The first-order chi connectivity index (χ1) is 16.8. The topological polar surface area (TPSA) is 106 Å². The highest BCUT2D eigenvalue weighted by Gasteiger charge is 2.46. The van der Waals surface area contributed by atoms with Crippen molar-refractivity contribution < 1.29 is 33.7 Å². The molecule has 0 aliphatic carbocycles. The summed E-state index contributed by atoms with van der Waals surface area (Å²) in [4.78, 5) is 41.5. The molecule has 1 amide bonds. The summed E-state index contributed by atoms with van der Waals surface area (Å²) in [6.07, 6.45) is 0. The van der Waals surface area contributed by atoms with Crippen LogP contribution in [0.1, 0.15) is 37.9 Å². The molecule has 2 aromatic carbocycles. The summed E-state index contributed by atoms with van der Waals surface area (Å²) in [5.41, 5.74) is 0.843. The Morgan fingerprint density at radius 2 is 1.86 bits per heavy atom. The minimum absolute atomic E-state index is 0.0339. The number of ether oxygens (including phenoxy) is 3. The van der Waals surface area contributed by atoms with E-state index in [1.807, 2.05) is 13.8 Å². The van der Waals surface area contributed by atoms with E-state index in [9.17, 15) is 19.5 Å². The Bertz CT molecular complexity index is 1190. The average Bonchev–Trinajstić information content (AvgIpc) is 3.41. The lowest BCUT2D eigenvalue weighted by Crippen LogP contribution is -2.38. The number of fused-ring (bicyclic) bond motifs is 1. The first-order valence-electron chi connectivity index (χ1n) is 11.5. The van der Waals surface area contributed by atoms with Crippen molar-refractivity contribution >= 4 is 23.4 Å². The number of carbonyl (C=O) groups is 3. The van der Waals surface area contributed by atoms with Crippen LogP contribution in [0.2, 0.25) is 0 Å². The molecule has 2 aliphatic rings. The SMILES string of the molecule is CCN(CC)CCN1C(=O)C(=O)/C(=C(\O)c2ccc3c(c2)OCO3)C1c1cccc(OC(C)=O)c1. The fraction of sp³-hybridized carbons (Fsp3) is 0.346. The van der Waals surface area contributed by atoms with E-state index in [1.54, 1.807) is 42.5 Å². The zero-order chi connectivity index (χ0) is 25.1. The molecule has 2 aromatic rings. The average molecular weight is 481 g/mol. The van der Waals surface area contributed by atoms with Gasteiger partial charge in [0.1, 0.15) is 11.5 Å². The molecule has 1 saturated heterocycles. The number of nitrogens with zero attached hydrogens (tertiary/aromatic N) is 2. The third kappa shape index (κ3) is 4.85. The normalized spacial score (nSPS) is 18.4. The molecule has 35 heavy (non-hydrogen) atoms. The predicted octanol–water partition coefficient (Wildman–Crippen LogP) is 3.10. The van der Waals surface area contributed by atoms with Crippen LogP contribution in [0.5, 0.6) is 17.2 Å². The maximum absolute atomic E-state index is 13.2. The second-order valence-electron chi connectivity index (χ2n) is 8.25. The second kappa shape index (κ2) is 10.2. The Morgan fingerprint density at radius 1 is 1.11 bits per heavy atom. The van der Waals surface area contributed by atoms with Gasteiger partial charge in [0.25, 0.3) is 11.7 Å².